The number of hydrogen-bond donors (Lipinski definition) is 1. The van der Waals surface area contributed by atoms with E-state index in [9.17, 15) is 13.6 Å². The van der Waals surface area contributed by atoms with Gasteiger partial charge in [-0.1, -0.05) is 0 Å². The van der Waals surface area contributed by atoms with Crippen LogP contribution < -0.4 is 5.32 Å². The van der Waals surface area contributed by atoms with Gasteiger partial charge in [-0.2, -0.15) is 15.3 Å². The lowest BCUT2D eigenvalue weighted by Gasteiger charge is -2.06. The first kappa shape index (κ1) is 18.3. The lowest BCUT2D eigenvalue weighted by molar-refractivity contribution is -0.117. The Hall–Kier alpha value is -3.04. The van der Waals surface area contributed by atoms with Gasteiger partial charge in [0.25, 0.3) is 6.43 Å². The highest BCUT2D eigenvalue weighted by Crippen LogP contribution is 2.41. The van der Waals surface area contributed by atoms with E-state index < -0.39 is 6.43 Å². The van der Waals surface area contributed by atoms with Crippen LogP contribution in [0.5, 0.6) is 0 Å². The third kappa shape index (κ3) is 4.10. The minimum atomic E-state index is -2.64. The molecule has 0 radical (unpaired) electrons. The SMILES string of the molecule is CCn1cc(Cn2cc(NC(=O)Cn3nc(C(F)F)cc3C3CC3)cn2)cn1. The molecule has 3 aromatic rings. The summed E-state index contributed by atoms with van der Waals surface area (Å²) >= 11 is 0. The standard InChI is InChI=1S/C18H21F2N7O/c1-2-25-8-12(6-21-25)9-26-10-14(7-22-26)23-17(28)11-27-16(13-3-4-13)5-15(24-27)18(19)20/h5-8,10,13,18H,2-4,9,11H2,1H3,(H,23,28). The fourth-order valence-corrected chi connectivity index (χ4v) is 3.09. The molecule has 0 bridgehead atoms. The van der Waals surface area contributed by atoms with Gasteiger partial charge in [0.05, 0.1) is 24.6 Å². The van der Waals surface area contributed by atoms with Crippen molar-refractivity contribution in [3.63, 3.8) is 0 Å². The predicted octanol–water partition coefficient (Wildman–Crippen LogP) is 2.80. The summed E-state index contributed by atoms with van der Waals surface area (Å²) in [5, 5.41) is 15.1. The molecule has 3 heterocycles. The Kier molecular flexibility index (Phi) is 4.93. The molecule has 1 amide bonds. The number of aryl methyl sites for hydroxylation is 1. The summed E-state index contributed by atoms with van der Waals surface area (Å²) in [4.78, 5) is 12.4. The van der Waals surface area contributed by atoms with Gasteiger partial charge in [-0.25, -0.2) is 8.78 Å². The van der Waals surface area contributed by atoms with E-state index in [0.717, 1.165) is 24.9 Å². The van der Waals surface area contributed by atoms with Crippen molar-refractivity contribution >= 4 is 11.6 Å². The van der Waals surface area contributed by atoms with Gasteiger partial charge in [0, 0.05) is 36.1 Å². The zero-order chi connectivity index (χ0) is 19.7. The highest BCUT2D eigenvalue weighted by atomic mass is 19.3. The molecule has 0 saturated heterocycles. The van der Waals surface area contributed by atoms with Crippen molar-refractivity contribution in [2.45, 2.75) is 51.7 Å². The summed E-state index contributed by atoms with van der Waals surface area (Å²) in [6.07, 6.45) is 6.24. The van der Waals surface area contributed by atoms with Crippen molar-refractivity contribution in [3.05, 3.63) is 47.8 Å². The molecule has 0 aliphatic heterocycles. The zero-order valence-electron chi connectivity index (χ0n) is 15.4. The van der Waals surface area contributed by atoms with Crippen molar-refractivity contribution in [1.82, 2.24) is 29.3 Å². The molecule has 8 nitrogen and oxygen atoms in total. The van der Waals surface area contributed by atoms with Crippen molar-refractivity contribution in [2.24, 2.45) is 0 Å². The molecule has 1 aliphatic rings. The van der Waals surface area contributed by atoms with Crippen molar-refractivity contribution < 1.29 is 13.6 Å². The topological polar surface area (TPSA) is 82.6 Å². The Labute approximate surface area is 160 Å². The zero-order valence-corrected chi connectivity index (χ0v) is 15.4. The second-order valence-electron chi connectivity index (χ2n) is 6.91. The summed E-state index contributed by atoms with van der Waals surface area (Å²) < 4.78 is 30.8. The molecule has 0 spiro atoms. The van der Waals surface area contributed by atoms with Crippen LogP contribution in [0.1, 0.15) is 49.1 Å². The molecule has 1 aliphatic carbocycles. The number of halogens is 2. The van der Waals surface area contributed by atoms with Crippen LogP contribution in [-0.2, 0) is 24.4 Å². The molecule has 0 atom stereocenters. The van der Waals surface area contributed by atoms with Crippen LogP contribution in [0.15, 0.2) is 30.9 Å². The van der Waals surface area contributed by atoms with Crippen LogP contribution in [-0.4, -0.2) is 35.2 Å². The normalized spacial score (nSPS) is 14.0. The smallest absolute Gasteiger partial charge is 0.282 e. The molecule has 10 heteroatoms. The van der Waals surface area contributed by atoms with Gasteiger partial charge in [-0.05, 0) is 25.8 Å². The lowest BCUT2D eigenvalue weighted by atomic mass is 10.2. The van der Waals surface area contributed by atoms with Gasteiger partial charge in [0.15, 0.2) is 0 Å². The fourth-order valence-electron chi connectivity index (χ4n) is 3.09. The van der Waals surface area contributed by atoms with E-state index >= 15 is 0 Å². The summed E-state index contributed by atoms with van der Waals surface area (Å²) in [7, 11) is 0. The molecule has 148 valence electrons. The third-order valence-corrected chi connectivity index (χ3v) is 4.61. The number of anilines is 1. The van der Waals surface area contributed by atoms with Crippen LogP contribution >= 0.6 is 0 Å². The Morgan fingerprint density at radius 3 is 2.71 bits per heavy atom. The summed E-state index contributed by atoms with van der Waals surface area (Å²) in [6.45, 7) is 3.24. The quantitative estimate of drug-likeness (QED) is 0.642. The number of amides is 1. The van der Waals surface area contributed by atoms with Gasteiger partial charge < -0.3 is 5.32 Å². The van der Waals surface area contributed by atoms with E-state index in [-0.39, 0.29) is 24.1 Å². The van der Waals surface area contributed by atoms with Crippen molar-refractivity contribution in [2.75, 3.05) is 5.32 Å². The van der Waals surface area contributed by atoms with Gasteiger partial charge in [0.1, 0.15) is 12.2 Å². The minimum absolute atomic E-state index is 0.104. The monoisotopic (exact) mass is 389 g/mol. The number of rotatable bonds is 8. The van der Waals surface area contributed by atoms with E-state index in [1.165, 1.54) is 10.7 Å². The summed E-state index contributed by atoms with van der Waals surface area (Å²) in [5.41, 5.74) is 1.97. The fraction of sp³-hybridized carbons (Fsp3) is 0.444. The minimum Gasteiger partial charge on any atom is -0.322 e. The van der Waals surface area contributed by atoms with E-state index in [1.807, 2.05) is 17.8 Å². The van der Waals surface area contributed by atoms with Crippen LogP contribution in [0.3, 0.4) is 0 Å². The highest BCUT2D eigenvalue weighted by molar-refractivity contribution is 5.90. The molecule has 1 N–H and O–H groups in total. The maximum Gasteiger partial charge on any atom is 0.282 e. The van der Waals surface area contributed by atoms with Gasteiger partial charge in [-0.3, -0.25) is 18.8 Å². The Morgan fingerprint density at radius 2 is 2.04 bits per heavy atom. The predicted molar refractivity (Wildman–Crippen MR) is 97.0 cm³/mol. The van der Waals surface area contributed by atoms with Gasteiger partial charge >= 0.3 is 0 Å². The first-order chi connectivity index (χ1) is 13.5. The molecule has 0 unspecified atom stereocenters. The molecular weight excluding hydrogens is 368 g/mol. The molecule has 1 saturated carbocycles. The molecular formula is C18H21F2N7O. The molecule has 4 rings (SSSR count). The second-order valence-corrected chi connectivity index (χ2v) is 6.91. The lowest BCUT2D eigenvalue weighted by Crippen LogP contribution is -2.20. The first-order valence-electron chi connectivity index (χ1n) is 9.21. The number of alkyl halides is 2. The maximum atomic E-state index is 12.9. The molecule has 0 aromatic carbocycles. The average Bonchev–Trinajstić information content (AvgIpc) is 3.05. The largest absolute Gasteiger partial charge is 0.322 e. The van der Waals surface area contributed by atoms with Gasteiger partial charge in [0.2, 0.25) is 5.91 Å². The molecule has 28 heavy (non-hydrogen) atoms. The van der Waals surface area contributed by atoms with Crippen molar-refractivity contribution in [3.8, 4) is 0 Å². The summed E-state index contributed by atoms with van der Waals surface area (Å²) in [6, 6.07) is 1.41. The molecule has 1 fully saturated rings. The van der Waals surface area contributed by atoms with Crippen molar-refractivity contribution in [1.29, 1.82) is 0 Å². The number of nitrogens with zero attached hydrogens (tertiary/aromatic N) is 6. The molecule has 3 aromatic heterocycles. The Balaban J connectivity index is 1.38. The van der Waals surface area contributed by atoms with E-state index in [2.05, 4.69) is 20.6 Å². The maximum absolute atomic E-state index is 12.9. The number of carbonyl (C=O) groups excluding carboxylic acids is 1. The van der Waals surface area contributed by atoms with Gasteiger partial charge in [-0.15, -0.1) is 0 Å². The Bertz CT molecular complexity index is 970. The number of carbonyl (C=O) groups is 1. The summed E-state index contributed by atoms with van der Waals surface area (Å²) in [5.74, 6) is -0.108. The third-order valence-electron chi connectivity index (χ3n) is 4.61. The van der Waals surface area contributed by atoms with E-state index in [0.29, 0.717) is 17.9 Å². The number of nitrogens with one attached hydrogen (secondary N) is 1. The number of hydrogen-bond acceptors (Lipinski definition) is 4. The second kappa shape index (κ2) is 7.53. The van der Waals surface area contributed by atoms with E-state index in [4.69, 9.17) is 0 Å². The number of aromatic nitrogens is 6. The van der Waals surface area contributed by atoms with E-state index in [1.54, 1.807) is 23.3 Å². The van der Waals surface area contributed by atoms with Crippen LogP contribution in [0.2, 0.25) is 0 Å². The Morgan fingerprint density at radius 1 is 1.25 bits per heavy atom. The average molecular weight is 389 g/mol. The van der Waals surface area contributed by atoms with Crippen LogP contribution in [0.25, 0.3) is 0 Å². The first-order valence-corrected chi connectivity index (χ1v) is 9.21. The van der Waals surface area contributed by atoms with Crippen LogP contribution in [0, 0.1) is 0 Å². The highest BCUT2D eigenvalue weighted by Gasteiger charge is 2.30. The van der Waals surface area contributed by atoms with Crippen LogP contribution in [0.4, 0.5) is 14.5 Å².